The normalized spacial score (nSPS) is 35.8. The van der Waals surface area contributed by atoms with E-state index in [1.165, 1.54) is 32.2 Å². The van der Waals surface area contributed by atoms with Gasteiger partial charge in [0.25, 0.3) is 0 Å². The van der Waals surface area contributed by atoms with Crippen LogP contribution in [0.15, 0.2) is 0 Å². The summed E-state index contributed by atoms with van der Waals surface area (Å²) in [4.78, 5) is 0. The summed E-state index contributed by atoms with van der Waals surface area (Å²) >= 11 is 0. The van der Waals surface area contributed by atoms with Gasteiger partial charge in [-0.25, -0.2) is 0 Å². The molecule has 1 fully saturated rings. The Bertz CT molecular complexity index is 122. The van der Waals surface area contributed by atoms with E-state index in [1.54, 1.807) is 0 Å². The van der Waals surface area contributed by atoms with Crippen molar-refractivity contribution in [3.05, 3.63) is 0 Å². The molecule has 0 aliphatic heterocycles. The van der Waals surface area contributed by atoms with Crippen molar-refractivity contribution in [2.45, 2.75) is 39.5 Å². The minimum Gasteiger partial charge on any atom is -0.319 e. The molecule has 0 saturated heterocycles. The lowest BCUT2D eigenvalue weighted by Crippen LogP contribution is -2.21. The van der Waals surface area contributed by atoms with E-state index in [-0.39, 0.29) is 0 Å². The second-order valence-electron chi connectivity index (χ2n) is 4.23. The van der Waals surface area contributed by atoms with Gasteiger partial charge in [0.15, 0.2) is 0 Å². The molecule has 12 heavy (non-hydrogen) atoms. The monoisotopic (exact) mass is 169 g/mol. The summed E-state index contributed by atoms with van der Waals surface area (Å²) in [5.74, 6) is 2.99. The third kappa shape index (κ3) is 2.22. The SMILES string of the molecule is CCC1CC(CC)C(CNC)C1. The first-order valence-corrected chi connectivity index (χ1v) is 5.46. The Morgan fingerprint density at radius 1 is 1.08 bits per heavy atom. The standard InChI is InChI=1S/C11H23N/c1-4-9-6-10(5-2)11(7-9)8-12-3/h9-12H,4-8H2,1-3H3. The van der Waals surface area contributed by atoms with Gasteiger partial charge in [0, 0.05) is 0 Å². The van der Waals surface area contributed by atoms with Crippen LogP contribution in [0.4, 0.5) is 0 Å². The zero-order valence-electron chi connectivity index (χ0n) is 8.77. The maximum Gasteiger partial charge on any atom is -0.00208 e. The molecule has 1 heteroatoms. The molecule has 1 rings (SSSR count). The lowest BCUT2D eigenvalue weighted by Gasteiger charge is -2.16. The molecular weight excluding hydrogens is 146 g/mol. The van der Waals surface area contributed by atoms with Gasteiger partial charge < -0.3 is 5.32 Å². The summed E-state index contributed by atoms with van der Waals surface area (Å²) in [5.41, 5.74) is 0. The number of rotatable bonds is 4. The van der Waals surface area contributed by atoms with E-state index >= 15 is 0 Å². The molecule has 0 aromatic heterocycles. The van der Waals surface area contributed by atoms with Gasteiger partial charge in [0.2, 0.25) is 0 Å². The molecular formula is C11H23N. The zero-order valence-corrected chi connectivity index (χ0v) is 8.77. The Hall–Kier alpha value is -0.0400. The second-order valence-corrected chi connectivity index (χ2v) is 4.23. The van der Waals surface area contributed by atoms with E-state index < -0.39 is 0 Å². The zero-order chi connectivity index (χ0) is 8.97. The predicted molar refractivity (Wildman–Crippen MR) is 54.2 cm³/mol. The lowest BCUT2D eigenvalue weighted by atomic mass is 9.94. The summed E-state index contributed by atoms with van der Waals surface area (Å²) in [6.45, 7) is 5.90. The summed E-state index contributed by atoms with van der Waals surface area (Å²) in [6, 6.07) is 0. The van der Waals surface area contributed by atoms with Crippen LogP contribution in [0.5, 0.6) is 0 Å². The summed E-state index contributed by atoms with van der Waals surface area (Å²) in [5, 5.41) is 3.32. The maximum atomic E-state index is 3.32. The molecule has 3 unspecified atom stereocenters. The minimum atomic E-state index is 0.963. The smallest absolute Gasteiger partial charge is 0.00208 e. The molecule has 72 valence electrons. The van der Waals surface area contributed by atoms with Gasteiger partial charge in [-0.05, 0) is 44.2 Å². The Balaban J connectivity index is 2.39. The van der Waals surface area contributed by atoms with Crippen LogP contribution in [0, 0.1) is 17.8 Å². The number of nitrogens with one attached hydrogen (secondary N) is 1. The lowest BCUT2D eigenvalue weighted by molar-refractivity contribution is 0.367. The molecule has 3 atom stereocenters. The molecule has 0 aromatic rings. The van der Waals surface area contributed by atoms with E-state index in [4.69, 9.17) is 0 Å². The molecule has 0 aromatic carbocycles. The molecule has 1 N–H and O–H groups in total. The molecule has 0 bridgehead atoms. The van der Waals surface area contributed by atoms with E-state index in [1.807, 2.05) is 0 Å². The van der Waals surface area contributed by atoms with Crippen molar-refractivity contribution in [3.63, 3.8) is 0 Å². The summed E-state index contributed by atoms with van der Waals surface area (Å²) in [7, 11) is 2.08. The quantitative estimate of drug-likeness (QED) is 0.682. The van der Waals surface area contributed by atoms with Crippen molar-refractivity contribution in [1.82, 2.24) is 5.32 Å². The fourth-order valence-corrected chi connectivity index (χ4v) is 2.68. The molecule has 0 heterocycles. The summed E-state index contributed by atoms with van der Waals surface area (Å²) < 4.78 is 0. The van der Waals surface area contributed by atoms with Gasteiger partial charge in [-0.1, -0.05) is 26.7 Å². The predicted octanol–water partition coefficient (Wildman–Crippen LogP) is 2.67. The summed E-state index contributed by atoms with van der Waals surface area (Å²) in [6.07, 6.45) is 5.72. The fraction of sp³-hybridized carbons (Fsp3) is 1.00. The van der Waals surface area contributed by atoms with E-state index in [0.29, 0.717) is 0 Å². The topological polar surface area (TPSA) is 12.0 Å². The van der Waals surface area contributed by atoms with Crippen molar-refractivity contribution >= 4 is 0 Å². The second kappa shape index (κ2) is 4.86. The Labute approximate surface area is 76.9 Å². The molecule has 0 spiro atoms. The highest BCUT2D eigenvalue weighted by Crippen LogP contribution is 2.39. The average Bonchev–Trinajstić information content (AvgIpc) is 2.48. The molecule has 1 saturated carbocycles. The largest absolute Gasteiger partial charge is 0.319 e. The number of hydrogen-bond donors (Lipinski definition) is 1. The van der Waals surface area contributed by atoms with Crippen LogP contribution in [0.1, 0.15) is 39.5 Å². The molecule has 1 aliphatic rings. The van der Waals surface area contributed by atoms with Gasteiger partial charge in [-0.15, -0.1) is 0 Å². The Morgan fingerprint density at radius 3 is 2.25 bits per heavy atom. The maximum absolute atomic E-state index is 3.32. The van der Waals surface area contributed by atoms with Crippen molar-refractivity contribution in [1.29, 1.82) is 0 Å². The van der Waals surface area contributed by atoms with Crippen molar-refractivity contribution < 1.29 is 0 Å². The minimum absolute atomic E-state index is 0.963. The fourth-order valence-electron chi connectivity index (χ4n) is 2.68. The molecule has 0 amide bonds. The average molecular weight is 169 g/mol. The van der Waals surface area contributed by atoms with E-state index in [9.17, 15) is 0 Å². The van der Waals surface area contributed by atoms with Crippen molar-refractivity contribution in [2.75, 3.05) is 13.6 Å². The van der Waals surface area contributed by atoms with Gasteiger partial charge in [-0.3, -0.25) is 0 Å². The van der Waals surface area contributed by atoms with Crippen LogP contribution < -0.4 is 5.32 Å². The van der Waals surface area contributed by atoms with Crippen LogP contribution in [0.3, 0.4) is 0 Å². The first-order chi connectivity index (χ1) is 5.81. The van der Waals surface area contributed by atoms with Gasteiger partial charge in [-0.2, -0.15) is 0 Å². The highest BCUT2D eigenvalue weighted by atomic mass is 14.8. The Morgan fingerprint density at radius 2 is 1.75 bits per heavy atom. The highest BCUT2D eigenvalue weighted by molar-refractivity contribution is 4.83. The van der Waals surface area contributed by atoms with Crippen LogP contribution in [-0.4, -0.2) is 13.6 Å². The van der Waals surface area contributed by atoms with Crippen LogP contribution in [0.25, 0.3) is 0 Å². The molecule has 1 nitrogen and oxygen atoms in total. The van der Waals surface area contributed by atoms with Crippen molar-refractivity contribution in [2.24, 2.45) is 17.8 Å². The molecule has 0 radical (unpaired) electrons. The Kier molecular flexibility index (Phi) is 4.07. The van der Waals surface area contributed by atoms with Gasteiger partial charge in [0.05, 0.1) is 0 Å². The molecule has 1 aliphatic carbocycles. The van der Waals surface area contributed by atoms with Gasteiger partial charge in [0.1, 0.15) is 0 Å². The van der Waals surface area contributed by atoms with Crippen LogP contribution in [0.2, 0.25) is 0 Å². The number of hydrogen-bond acceptors (Lipinski definition) is 1. The first kappa shape index (κ1) is 10.0. The van der Waals surface area contributed by atoms with E-state index in [0.717, 1.165) is 17.8 Å². The van der Waals surface area contributed by atoms with E-state index in [2.05, 4.69) is 26.2 Å². The van der Waals surface area contributed by atoms with Gasteiger partial charge >= 0.3 is 0 Å². The third-order valence-corrected chi connectivity index (χ3v) is 3.51. The van der Waals surface area contributed by atoms with Crippen molar-refractivity contribution in [3.8, 4) is 0 Å². The van der Waals surface area contributed by atoms with Crippen LogP contribution >= 0.6 is 0 Å². The van der Waals surface area contributed by atoms with Crippen LogP contribution in [-0.2, 0) is 0 Å². The highest BCUT2D eigenvalue weighted by Gasteiger charge is 2.31. The third-order valence-electron chi connectivity index (χ3n) is 3.51. The first-order valence-electron chi connectivity index (χ1n) is 5.46.